The Morgan fingerprint density at radius 3 is 2.75 bits per heavy atom. The predicted molar refractivity (Wildman–Crippen MR) is 78.5 cm³/mol. The fourth-order valence-corrected chi connectivity index (χ4v) is 2.00. The van der Waals surface area contributed by atoms with Gasteiger partial charge in [0.25, 0.3) is 0 Å². The lowest BCUT2D eigenvalue weighted by Crippen LogP contribution is -2.21. The molecule has 1 aromatic heterocycles. The molecule has 0 unspecified atom stereocenters. The van der Waals surface area contributed by atoms with Crippen LogP contribution in [0, 0.1) is 5.82 Å². The van der Waals surface area contributed by atoms with Gasteiger partial charge < -0.3 is 14.6 Å². The maximum absolute atomic E-state index is 13.9. The van der Waals surface area contributed by atoms with Gasteiger partial charge in [0.05, 0.1) is 7.11 Å². The molecule has 2 rings (SSSR count). The summed E-state index contributed by atoms with van der Waals surface area (Å²) in [7, 11) is 1.54. The number of nitrogens with zero attached hydrogens (tertiary/aromatic N) is 1. The summed E-state index contributed by atoms with van der Waals surface area (Å²) >= 11 is 0. The summed E-state index contributed by atoms with van der Waals surface area (Å²) in [5, 5.41) is 3.36. The van der Waals surface area contributed by atoms with Gasteiger partial charge in [-0.3, -0.25) is 0 Å². The first-order valence-corrected chi connectivity index (χ1v) is 6.79. The average molecular weight is 276 g/mol. The lowest BCUT2D eigenvalue weighted by Gasteiger charge is -2.07. The maximum atomic E-state index is 13.9. The molecule has 0 bridgehead atoms. The van der Waals surface area contributed by atoms with Crippen LogP contribution in [0.25, 0.3) is 0 Å². The third kappa shape index (κ3) is 3.84. The number of benzene rings is 1. The molecule has 0 spiro atoms. The Balaban J connectivity index is 2.03. The summed E-state index contributed by atoms with van der Waals surface area (Å²) in [6.07, 6.45) is 4.01. The Labute approximate surface area is 119 Å². The number of aromatic nitrogens is 1. The molecular formula is C16H21FN2O. The van der Waals surface area contributed by atoms with Crippen molar-refractivity contribution in [1.29, 1.82) is 0 Å². The molecule has 20 heavy (non-hydrogen) atoms. The van der Waals surface area contributed by atoms with Crippen molar-refractivity contribution in [1.82, 2.24) is 9.88 Å². The van der Waals surface area contributed by atoms with E-state index in [0.717, 1.165) is 6.54 Å². The second-order valence-corrected chi connectivity index (χ2v) is 5.19. The summed E-state index contributed by atoms with van der Waals surface area (Å²) in [4.78, 5) is 0. The summed E-state index contributed by atoms with van der Waals surface area (Å²) < 4.78 is 20.9. The number of methoxy groups -OCH3 is 1. The minimum Gasteiger partial charge on any atom is -0.497 e. The Kier molecular flexibility index (Phi) is 4.79. The summed E-state index contributed by atoms with van der Waals surface area (Å²) in [5.74, 6) is 0.306. The zero-order valence-corrected chi connectivity index (χ0v) is 12.2. The van der Waals surface area contributed by atoms with Crippen molar-refractivity contribution in [3.05, 3.63) is 53.6 Å². The number of halogens is 1. The van der Waals surface area contributed by atoms with E-state index in [-0.39, 0.29) is 5.82 Å². The van der Waals surface area contributed by atoms with Crippen LogP contribution in [0.3, 0.4) is 0 Å². The lowest BCUT2D eigenvalue weighted by molar-refractivity contribution is 0.410. The highest BCUT2D eigenvalue weighted by Gasteiger charge is 2.05. The van der Waals surface area contributed by atoms with Gasteiger partial charge in [0.2, 0.25) is 0 Å². The first-order valence-electron chi connectivity index (χ1n) is 6.79. The number of hydrogen-bond donors (Lipinski definition) is 1. The van der Waals surface area contributed by atoms with Crippen molar-refractivity contribution < 1.29 is 9.13 Å². The smallest absolute Gasteiger partial charge is 0.131 e. The number of nitrogens with one attached hydrogen (secondary N) is 1. The third-order valence-corrected chi connectivity index (χ3v) is 3.14. The topological polar surface area (TPSA) is 26.2 Å². The highest BCUT2D eigenvalue weighted by Crippen LogP contribution is 2.17. The summed E-state index contributed by atoms with van der Waals surface area (Å²) in [6, 6.07) is 7.47. The van der Waals surface area contributed by atoms with Crippen LogP contribution in [0.5, 0.6) is 5.75 Å². The van der Waals surface area contributed by atoms with Gasteiger partial charge in [-0.1, -0.05) is 19.9 Å². The Morgan fingerprint density at radius 1 is 1.30 bits per heavy atom. The van der Waals surface area contributed by atoms with E-state index in [1.54, 1.807) is 12.1 Å². The molecule has 0 aliphatic carbocycles. The van der Waals surface area contributed by atoms with Gasteiger partial charge in [-0.05, 0) is 17.7 Å². The fourth-order valence-electron chi connectivity index (χ4n) is 2.00. The van der Waals surface area contributed by atoms with Gasteiger partial charge in [-0.2, -0.15) is 0 Å². The van der Waals surface area contributed by atoms with E-state index < -0.39 is 0 Å². The van der Waals surface area contributed by atoms with Crippen molar-refractivity contribution in [2.45, 2.75) is 33.0 Å². The van der Waals surface area contributed by atoms with E-state index in [1.165, 1.54) is 18.7 Å². The Morgan fingerprint density at radius 2 is 2.10 bits per heavy atom. The van der Waals surface area contributed by atoms with E-state index in [0.29, 0.717) is 23.9 Å². The standard InChI is InChI=1S/C16H21FN2O/c1-12(2)18-9-13-6-7-19(10-13)11-14-4-5-15(20-3)8-16(14)17/h4-8,10,12,18H,9,11H2,1-3H3. The minimum absolute atomic E-state index is 0.236. The van der Waals surface area contributed by atoms with Crippen LogP contribution in [-0.2, 0) is 13.1 Å². The van der Waals surface area contributed by atoms with E-state index in [9.17, 15) is 4.39 Å². The first kappa shape index (κ1) is 14.6. The van der Waals surface area contributed by atoms with Crippen LogP contribution >= 0.6 is 0 Å². The van der Waals surface area contributed by atoms with Crippen LogP contribution < -0.4 is 10.1 Å². The highest BCUT2D eigenvalue weighted by molar-refractivity contribution is 5.29. The van der Waals surface area contributed by atoms with Gasteiger partial charge >= 0.3 is 0 Å². The van der Waals surface area contributed by atoms with Crippen molar-refractivity contribution in [3.8, 4) is 5.75 Å². The van der Waals surface area contributed by atoms with Crippen LogP contribution in [0.1, 0.15) is 25.0 Å². The Bertz CT molecular complexity index is 563. The van der Waals surface area contributed by atoms with Crippen molar-refractivity contribution in [2.24, 2.45) is 0 Å². The Hall–Kier alpha value is -1.81. The number of hydrogen-bond acceptors (Lipinski definition) is 2. The monoisotopic (exact) mass is 276 g/mol. The molecule has 3 nitrogen and oxygen atoms in total. The first-order chi connectivity index (χ1) is 9.58. The summed E-state index contributed by atoms with van der Waals surface area (Å²) in [5.41, 5.74) is 1.86. The molecule has 0 amide bonds. The quantitative estimate of drug-likeness (QED) is 0.877. The number of rotatable bonds is 6. The van der Waals surface area contributed by atoms with E-state index in [4.69, 9.17) is 4.74 Å². The van der Waals surface area contributed by atoms with Crippen LogP contribution in [0.4, 0.5) is 4.39 Å². The van der Waals surface area contributed by atoms with E-state index in [2.05, 4.69) is 25.2 Å². The van der Waals surface area contributed by atoms with Gasteiger partial charge in [-0.25, -0.2) is 4.39 Å². The fraction of sp³-hybridized carbons (Fsp3) is 0.375. The second kappa shape index (κ2) is 6.57. The lowest BCUT2D eigenvalue weighted by atomic mass is 10.2. The van der Waals surface area contributed by atoms with Crippen molar-refractivity contribution >= 4 is 0 Å². The molecule has 1 heterocycles. The minimum atomic E-state index is -0.236. The molecule has 0 saturated heterocycles. The molecular weight excluding hydrogens is 255 g/mol. The SMILES string of the molecule is COc1ccc(Cn2ccc(CNC(C)C)c2)c(F)c1. The highest BCUT2D eigenvalue weighted by atomic mass is 19.1. The largest absolute Gasteiger partial charge is 0.497 e. The molecule has 0 radical (unpaired) electrons. The normalized spacial score (nSPS) is 11.1. The van der Waals surface area contributed by atoms with Crippen LogP contribution in [0.2, 0.25) is 0 Å². The zero-order valence-electron chi connectivity index (χ0n) is 12.2. The molecule has 0 atom stereocenters. The molecule has 0 saturated carbocycles. The number of ether oxygens (including phenoxy) is 1. The molecule has 0 aliphatic rings. The molecule has 0 aliphatic heterocycles. The summed E-state index contributed by atoms with van der Waals surface area (Å²) in [6.45, 7) is 5.58. The third-order valence-electron chi connectivity index (χ3n) is 3.14. The second-order valence-electron chi connectivity index (χ2n) is 5.19. The van der Waals surface area contributed by atoms with Crippen molar-refractivity contribution in [2.75, 3.05) is 7.11 Å². The zero-order chi connectivity index (χ0) is 14.5. The molecule has 1 aromatic carbocycles. The van der Waals surface area contributed by atoms with Gasteiger partial charge in [-0.15, -0.1) is 0 Å². The molecule has 4 heteroatoms. The average Bonchev–Trinajstić information content (AvgIpc) is 2.86. The molecule has 1 N–H and O–H groups in total. The maximum Gasteiger partial charge on any atom is 0.131 e. The van der Waals surface area contributed by atoms with E-state index in [1.807, 2.05) is 17.0 Å². The molecule has 2 aromatic rings. The predicted octanol–water partition coefficient (Wildman–Crippen LogP) is 3.18. The molecule has 108 valence electrons. The van der Waals surface area contributed by atoms with E-state index >= 15 is 0 Å². The van der Waals surface area contributed by atoms with Crippen LogP contribution in [-0.4, -0.2) is 17.7 Å². The van der Waals surface area contributed by atoms with Crippen molar-refractivity contribution in [3.63, 3.8) is 0 Å². The van der Waals surface area contributed by atoms with Gasteiger partial charge in [0, 0.05) is 43.2 Å². The van der Waals surface area contributed by atoms with Crippen LogP contribution in [0.15, 0.2) is 36.7 Å². The van der Waals surface area contributed by atoms with Gasteiger partial charge in [0.1, 0.15) is 11.6 Å². The molecule has 0 fully saturated rings. The van der Waals surface area contributed by atoms with Gasteiger partial charge in [0.15, 0.2) is 0 Å².